The van der Waals surface area contributed by atoms with Gasteiger partial charge in [0.2, 0.25) is 0 Å². The van der Waals surface area contributed by atoms with Crippen LogP contribution in [0.2, 0.25) is 0 Å². The average molecular weight is 365 g/mol. The van der Waals surface area contributed by atoms with Gasteiger partial charge in [-0.3, -0.25) is 10.1 Å². The minimum Gasteiger partial charge on any atom is -0.371 e. The minimum atomic E-state index is -0.996. The van der Waals surface area contributed by atoms with Crippen LogP contribution in [0, 0.1) is 11.3 Å². The van der Waals surface area contributed by atoms with Gasteiger partial charge in [-0.1, -0.05) is 6.07 Å². The number of nitrogens with two attached hydrogens (primary N) is 1. The summed E-state index contributed by atoms with van der Waals surface area (Å²) >= 11 is 3.49. The number of anilines is 1. The molecule has 0 bridgehead atoms. The zero-order valence-electron chi connectivity index (χ0n) is 12.4. The third-order valence-electron chi connectivity index (χ3n) is 2.99. The molecule has 0 saturated carbocycles. The summed E-state index contributed by atoms with van der Waals surface area (Å²) in [7, 11) is 0. The Balaban J connectivity index is 3.10. The molecule has 3 amide bonds. The van der Waals surface area contributed by atoms with Crippen molar-refractivity contribution in [3.63, 3.8) is 0 Å². The van der Waals surface area contributed by atoms with Crippen LogP contribution in [0.4, 0.5) is 10.5 Å². The van der Waals surface area contributed by atoms with Crippen LogP contribution in [0.1, 0.15) is 19.4 Å². The lowest BCUT2D eigenvalue weighted by Gasteiger charge is -2.22. The first-order chi connectivity index (χ1) is 10.4. The van der Waals surface area contributed by atoms with E-state index >= 15 is 0 Å². The number of carbonyl (C=O) groups is 2. The zero-order chi connectivity index (χ0) is 16.7. The molecule has 0 radical (unpaired) electrons. The summed E-state index contributed by atoms with van der Waals surface area (Å²) in [4.78, 5) is 24.5. The van der Waals surface area contributed by atoms with Gasteiger partial charge in [-0.15, -0.1) is 0 Å². The molecule has 1 aromatic rings. The Morgan fingerprint density at radius 2 is 2.05 bits per heavy atom. The first kappa shape index (κ1) is 17.7. The van der Waals surface area contributed by atoms with Crippen LogP contribution in [-0.4, -0.2) is 25.0 Å². The number of carbonyl (C=O) groups excluding carboxylic acids is 2. The first-order valence-corrected chi connectivity index (χ1v) is 7.49. The largest absolute Gasteiger partial charge is 0.371 e. The van der Waals surface area contributed by atoms with Gasteiger partial charge in [-0.2, -0.15) is 5.26 Å². The summed E-state index contributed by atoms with van der Waals surface area (Å²) in [5, 5.41) is 10.9. The molecular weight excluding hydrogens is 348 g/mol. The number of nitriles is 1. The van der Waals surface area contributed by atoms with Crippen molar-refractivity contribution in [2.45, 2.75) is 13.8 Å². The lowest BCUT2D eigenvalue weighted by Crippen LogP contribution is -2.35. The molecule has 1 rings (SSSR count). The van der Waals surface area contributed by atoms with Gasteiger partial charge in [0.25, 0.3) is 5.91 Å². The van der Waals surface area contributed by atoms with E-state index in [1.165, 1.54) is 6.08 Å². The second-order valence-corrected chi connectivity index (χ2v) is 5.23. The standard InChI is InChI=1S/C15H17BrN4O2/c1-3-20(4-2)13-6-5-10(8-12(13)16)7-11(9-17)14(21)19-15(18)22/h5-8H,3-4H2,1-2H3,(H3,18,19,21,22)/b11-7-. The number of nitrogens with zero attached hydrogens (tertiary/aromatic N) is 2. The highest BCUT2D eigenvalue weighted by molar-refractivity contribution is 9.10. The number of primary amides is 1. The number of imide groups is 1. The van der Waals surface area contributed by atoms with Crippen LogP contribution in [0.3, 0.4) is 0 Å². The molecule has 0 spiro atoms. The van der Waals surface area contributed by atoms with Crippen LogP contribution >= 0.6 is 15.9 Å². The molecule has 0 aliphatic carbocycles. The van der Waals surface area contributed by atoms with E-state index in [2.05, 4.69) is 34.7 Å². The van der Waals surface area contributed by atoms with E-state index in [-0.39, 0.29) is 5.57 Å². The van der Waals surface area contributed by atoms with E-state index in [4.69, 9.17) is 11.0 Å². The normalized spacial score (nSPS) is 10.7. The SMILES string of the molecule is CCN(CC)c1ccc(/C=C(/C#N)C(=O)NC(N)=O)cc1Br. The summed E-state index contributed by atoms with van der Waals surface area (Å²) in [5.41, 5.74) is 6.37. The van der Waals surface area contributed by atoms with Crippen LogP contribution in [0.5, 0.6) is 0 Å². The third kappa shape index (κ3) is 4.60. The van der Waals surface area contributed by atoms with Crippen LogP contribution in [0.25, 0.3) is 6.08 Å². The van der Waals surface area contributed by atoms with Crippen molar-refractivity contribution in [2.24, 2.45) is 5.73 Å². The highest BCUT2D eigenvalue weighted by Crippen LogP contribution is 2.28. The fourth-order valence-electron chi connectivity index (χ4n) is 1.93. The maximum atomic E-state index is 11.6. The van der Waals surface area contributed by atoms with Gasteiger partial charge in [0, 0.05) is 17.6 Å². The Morgan fingerprint density at radius 1 is 1.41 bits per heavy atom. The number of benzene rings is 1. The first-order valence-electron chi connectivity index (χ1n) is 6.70. The lowest BCUT2D eigenvalue weighted by atomic mass is 10.1. The summed E-state index contributed by atoms with van der Waals surface area (Å²) < 4.78 is 0.859. The molecule has 0 aromatic heterocycles. The van der Waals surface area contributed by atoms with E-state index < -0.39 is 11.9 Å². The van der Waals surface area contributed by atoms with Crippen LogP contribution in [0.15, 0.2) is 28.2 Å². The van der Waals surface area contributed by atoms with Crippen molar-refractivity contribution < 1.29 is 9.59 Å². The predicted molar refractivity (Wildman–Crippen MR) is 89.0 cm³/mol. The van der Waals surface area contributed by atoms with E-state index in [0.717, 1.165) is 23.2 Å². The van der Waals surface area contributed by atoms with Crippen molar-refractivity contribution in [2.75, 3.05) is 18.0 Å². The van der Waals surface area contributed by atoms with Crippen molar-refractivity contribution >= 4 is 39.6 Å². The molecule has 7 heteroatoms. The highest BCUT2D eigenvalue weighted by atomic mass is 79.9. The predicted octanol–water partition coefficient (Wildman–Crippen LogP) is 2.40. The number of hydrogen-bond donors (Lipinski definition) is 2. The Morgan fingerprint density at radius 3 is 2.50 bits per heavy atom. The zero-order valence-corrected chi connectivity index (χ0v) is 14.0. The maximum Gasteiger partial charge on any atom is 0.319 e. The van der Waals surface area contributed by atoms with Gasteiger partial charge in [-0.25, -0.2) is 4.79 Å². The van der Waals surface area contributed by atoms with Crippen molar-refractivity contribution in [1.82, 2.24) is 5.32 Å². The summed E-state index contributed by atoms with van der Waals surface area (Å²) in [6.07, 6.45) is 1.40. The number of amides is 3. The van der Waals surface area contributed by atoms with Gasteiger partial charge in [0.15, 0.2) is 0 Å². The maximum absolute atomic E-state index is 11.6. The summed E-state index contributed by atoms with van der Waals surface area (Å²) in [6.45, 7) is 5.86. The highest BCUT2D eigenvalue weighted by Gasteiger charge is 2.12. The van der Waals surface area contributed by atoms with Crippen molar-refractivity contribution in [3.8, 4) is 6.07 Å². The number of halogens is 1. The molecule has 22 heavy (non-hydrogen) atoms. The Hall–Kier alpha value is -2.33. The molecule has 1 aromatic carbocycles. The van der Waals surface area contributed by atoms with E-state index in [0.29, 0.717) is 5.56 Å². The molecule has 0 aliphatic heterocycles. The van der Waals surface area contributed by atoms with Crippen molar-refractivity contribution in [3.05, 3.63) is 33.8 Å². The number of urea groups is 1. The molecule has 0 atom stereocenters. The monoisotopic (exact) mass is 364 g/mol. The van der Waals surface area contributed by atoms with E-state index in [9.17, 15) is 9.59 Å². The fraction of sp³-hybridized carbons (Fsp3) is 0.267. The average Bonchev–Trinajstić information content (AvgIpc) is 2.47. The molecule has 0 aliphatic rings. The Kier molecular flexibility index (Phi) is 6.60. The van der Waals surface area contributed by atoms with Gasteiger partial charge < -0.3 is 10.6 Å². The van der Waals surface area contributed by atoms with E-state index in [1.54, 1.807) is 12.1 Å². The summed E-state index contributed by atoms with van der Waals surface area (Å²) in [6, 6.07) is 6.27. The van der Waals surface area contributed by atoms with Crippen LogP contribution in [-0.2, 0) is 4.79 Å². The molecule has 116 valence electrons. The Labute approximate surface area is 137 Å². The summed E-state index contributed by atoms with van der Waals surface area (Å²) in [5.74, 6) is -0.820. The minimum absolute atomic E-state index is 0.193. The number of rotatable bonds is 5. The van der Waals surface area contributed by atoms with Gasteiger partial charge in [-0.05, 0) is 53.5 Å². The van der Waals surface area contributed by atoms with Crippen molar-refractivity contribution in [1.29, 1.82) is 5.26 Å². The van der Waals surface area contributed by atoms with Gasteiger partial charge >= 0.3 is 6.03 Å². The van der Waals surface area contributed by atoms with Gasteiger partial charge in [0.05, 0.1) is 5.69 Å². The molecule has 0 unspecified atom stereocenters. The third-order valence-corrected chi connectivity index (χ3v) is 3.62. The number of hydrogen-bond acceptors (Lipinski definition) is 4. The molecule has 0 heterocycles. The quantitative estimate of drug-likeness (QED) is 0.618. The van der Waals surface area contributed by atoms with E-state index in [1.807, 2.05) is 17.4 Å². The molecule has 0 saturated heterocycles. The topological polar surface area (TPSA) is 99.2 Å². The molecule has 0 fully saturated rings. The fourth-order valence-corrected chi connectivity index (χ4v) is 2.58. The Bertz CT molecular complexity index is 645. The molecular formula is C15H17BrN4O2. The second-order valence-electron chi connectivity index (χ2n) is 4.37. The lowest BCUT2D eigenvalue weighted by molar-refractivity contribution is -0.115. The second kappa shape index (κ2) is 8.20. The van der Waals surface area contributed by atoms with Gasteiger partial charge in [0.1, 0.15) is 11.6 Å². The smallest absolute Gasteiger partial charge is 0.319 e. The van der Waals surface area contributed by atoms with Crippen LogP contribution < -0.4 is 16.0 Å². The molecule has 3 N–H and O–H groups in total. The molecule has 6 nitrogen and oxygen atoms in total. The number of nitrogens with one attached hydrogen (secondary N) is 1.